The standard InChI is InChI=1S/C6H13NO5.CH4O3S/c7-3-5(10)4(9)2(1-8)12-6(3)11;1-5(2,3)4/h2-6,8-11H,1,7H2;1H3,(H,2,3,4)/t2-,3-,4-,5-,6?;/m1./s1. The first-order valence-electron chi connectivity index (χ1n) is 4.56. The molecule has 0 aromatic rings. The molecular formula is C7H17NO8S. The second-order valence-electron chi connectivity index (χ2n) is 3.54. The van der Waals surface area contributed by atoms with Crippen molar-refractivity contribution in [3.05, 3.63) is 0 Å². The van der Waals surface area contributed by atoms with Gasteiger partial charge in [-0.2, -0.15) is 8.42 Å². The number of aliphatic hydroxyl groups is 4. The zero-order chi connectivity index (χ0) is 13.8. The molecule has 0 aliphatic carbocycles. The summed E-state index contributed by atoms with van der Waals surface area (Å²) in [5, 5.41) is 36.1. The van der Waals surface area contributed by atoms with Gasteiger partial charge in [-0.25, -0.2) is 0 Å². The van der Waals surface area contributed by atoms with Crippen LogP contribution in [0.25, 0.3) is 0 Å². The zero-order valence-corrected chi connectivity index (χ0v) is 9.86. The molecule has 0 saturated carbocycles. The normalized spacial score (nSPS) is 38.2. The quantitative estimate of drug-likeness (QED) is 0.263. The van der Waals surface area contributed by atoms with Gasteiger partial charge in [-0.1, -0.05) is 0 Å². The number of hydrogen-bond donors (Lipinski definition) is 6. The van der Waals surface area contributed by atoms with E-state index in [0.717, 1.165) is 0 Å². The first kappa shape index (κ1) is 16.7. The molecule has 1 heterocycles. The van der Waals surface area contributed by atoms with Gasteiger partial charge in [0.2, 0.25) is 0 Å². The maximum atomic E-state index is 9.20. The van der Waals surface area contributed by atoms with E-state index >= 15 is 0 Å². The van der Waals surface area contributed by atoms with E-state index in [-0.39, 0.29) is 0 Å². The molecule has 1 unspecified atom stereocenters. The highest BCUT2D eigenvalue weighted by atomic mass is 32.2. The van der Waals surface area contributed by atoms with Gasteiger partial charge < -0.3 is 30.9 Å². The van der Waals surface area contributed by atoms with Crippen molar-refractivity contribution in [2.75, 3.05) is 12.9 Å². The second-order valence-corrected chi connectivity index (χ2v) is 5.01. The Morgan fingerprint density at radius 2 is 1.65 bits per heavy atom. The molecule has 0 bridgehead atoms. The van der Waals surface area contributed by atoms with Crippen LogP contribution in [0.1, 0.15) is 0 Å². The molecule has 0 aromatic heterocycles. The molecule has 0 spiro atoms. The molecule has 0 amide bonds. The van der Waals surface area contributed by atoms with E-state index in [2.05, 4.69) is 0 Å². The van der Waals surface area contributed by atoms with Crippen LogP contribution in [-0.4, -0.2) is 76.9 Å². The lowest BCUT2D eigenvalue weighted by molar-refractivity contribution is -0.248. The van der Waals surface area contributed by atoms with E-state index < -0.39 is 47.4 Å². The van der Waals surface area contributed by atoms with Gasteiger partial charge in [-0.05, 0) is 0 Å². The van der Waals surface area contributed by atoms with Crippen molar-refractivity contribution < 1.29 is 38.1 Å². The highest BCUT2D eigenvalue weighted by Crippen LogP contribution is 2.17. The van der Waals surface area contributed by atoms with Crippen molar-refractivity contribution in [1.29, 1.82) is 0 Å². The van der Waals surface area contributed by atoms with Crippen molar-refractivity contribution in [1.82, 2.24) is 0 Å². The molecule has 1 rings (SSSR count). The van der Waals surface area contributed by atoms with E-state index in [0.29, 0.717) is 6.26 Å². The molecule has 7 N–H and O–H groups in total. The predicted octanol–water partition coefficient (Wildman–Crippen LogP) is -3.75. The van der Waals surface area contributed by atoms with Crippen molar-refractivity contribution in [3.63, 3.8) is 0 Å². The van der Waals surface area contributed by atoms with E-state index in [1.165, 1.54) is 0 Å². The Bertz CT molecular complexity index is 307. The summed E-state index contributed by atoms with van der Waals surface area (Å²) in [4.78, 5) is 0. The predicted molar refractivity (Wildman–Crippen MR) is 55.4 cm³/mol. The van der Waals surface area contributed by atoms with Gasteiger partial charge in [0.1, 0.15) is 18.3 Å². The second kappa shape index (κ2) is 6.56. The zero-order valence-electron chi connectivity index (χ0n) is 9.04. The first-order valence-corrected chi connectivity index (χ1v) is 6.41. The summed E-state index contributed by atoms with van der Waals surface area (Å²) in [7, 11) is -3.67. The molecule has 1 saturated heterocycles. The van der Waals surface area contributed by atoms with E-state index in [9.17, 15) is 18.6 Å². The third-order valence-electron chi connectivity index (χ3n) is 1.95. The average Bonchev–Trinajstić information content (AvgIpc) is 2.18. The minimum absolute atomic E-state index is 0.470. The minimum atomic E-state index is -3.67. The lowest BCUT2D eigenvalue weighted by Gasteiger charge is -2.38. The molecule has 0 radical (unpaired) electrons. The molecule has 1 fully saturated rings. The fourth-order valence-electron chi connectivity index (χ4n) is 1.12. The van der Waals surface area contributed by atoms with Gasteiger partial charge in [-0.15, -0.1) is 0 Å². The average molecular weight is 275 g/mol. The molecule has 1 aliphatic heterocycles. The molecule has 9 nitrogen and oxygen atoms in total. The number of aliphatic hydroxyl groups excluding tert-OH is 4. The summed E-state index contributed by atoms with van der Waals surface area (Å²) in [6.45, 7) is -0.470. The first-order chi connectivity index (χ1) is 7.57. The van der Waals surface area contributed by atoms with Gasteiger partial charge in [0.15, 0.2) is 6.29 Å². The number of ether oxygens (including phenoxy) is 1. The highest BCUT2D eigenvalue weighted by molar-refractivity contribution is 7.85. The van der Waals surface area contributed by atoms with Crippen LogP contribution in [-0.2, 0) is 14.9 Å². The van der Waals surface area contributed by atoms with Gasteiger partial charge in [-0.3, -0.25) is 4.55 Å². The smallest absolute Gasteiger partial charge is 0.261 e. The lowest BCUT2D eigenvalue weighted by atomic mass is 9.98. The SMILES string of the molecule is CS(=O)(=O)O.N[C@H]1C(O)O[C@H](CO)[C@@H](O)[C@@H]1O. The van der Waals surface area contributed by atoms with Gasteiger partial charge in [0, 0.05) is 0 Å². The highest BCUT2D eigenvalue weighted by Gasteiger charge is 2.41. The molecule has 5 atom stereocenters. The summed E-state index contributed by atoms with van der Waals surface area (Å²) < 4.78 is 30.6. The summed E-state index contributed by atoms with van der Waals surface area (Å²) in [5.41, 5.74) is 5.26. The molecule has 17 heavy (non-hydrogen) atoms. The van der Waals surface area contributed by atoms with Crippen LogP contribution in [0.5, 0.6) is 0 Å². The Hall–Kier alpha value is -0.330. The summed E-state index contributed by atoms with van der Waals surface area (Å²) in [5.74, 6) is 0. The largest absolute Gasteiger partial charge is 0.394 e. The summed E-state index contributed by atoms with van der Waals surface area (Å²) in [6, 6.07) is -1.04. The molecule has 0 aromatic carbocycles. The Labute approximate surface area is 98.2 Å². The Morgan fingerprint density at radius 1 is 1.24 bits per heavy atom. The summed E-state index contributed by atoms with van der Waals surface area (Å²) in [6.07, 6.45) is -4.14. The van der Waals surface area contributed by atoms with Crippen LogP contribution < -0.4 is 5.73 Å². The fourth-order valence-corrected chi connectivity index (χ4v) is 1.12. The lowest BCUT2D eigenvalue weighted by Crippen LogP contribution is -2.61. The Morgan fingerprint density at radius 3 is 2.00 bits per heavy atom. The van der Waals surface area contributed by atoms with Crippen molar-refractivity contribution >= 4 is 10.1 Å². The van der Waals surface area contributed by atoms with Gasteiger partial charge >= 0.3 is 0 Å². The van der Waals surface area contributed by atoms with E-state index in [4.69, 9.17) is 25.2 Å². The van der Waals surface area contributed by atoms with Crippen molar-refractivity contribution in [2.45, 2.75) is 30.6 Å². The van der Waals surface area contributed by atoms with Gasteiger partial charge in [0.25, 0.3) is 10.1 Å². The monoisotopic (exact) mass is 275 g/mol. The third kappa shape index (κ3) is 6.24. The van der Waals surface area contributed by atoms with Crippen LogP contribution in [0.2, 0.25) is 0 Å². The van der Waals surface area contributed by atoms with Gasteiger partial charge in [0.05, 0.1) is 18.9 Å². The van der Waals surface area contributed by atoms with Crippen LogP contribution in [0.3, 0.4) is 0 Å². The van der Waals surface area contributed by atoms with Crippen molar-refractivity contribution in [3.8, 4) is 0 Å². The summed E-state index contributed by atoms with van der Waals surface area (Å²) >= 11 is 0. The molecular weight excluding hydrogens is 258 g/mol. The molecule has 10 heteroatoms. The maximum absolute atomic E-state index is 9.20. The Balaban J connectivity index is 0.000000437. The molecule has 1 aliphatic rings. The topological polar surface area (TPSA) is 171 Å². The van der Waals surface area contributed by atoms with Crippen LogP contribution >= 0.6 is 0 Å². The Kier molecular flexibility index (Phi) is 6.43. The fraction of sp³-hybridized carbons (Fsp3) is 1.00. The maximum Gasteiger partial charge on any atom is 0.261 e. The number of rotatable bonds is 1. The minimum Gasteiger partial charge on any atom is -0.394 e. The number of hydrogen-bond acceptors (Lipinski definition) is 8. The van der Waals surface area contributed by atoms with Crippen LogP contribution in [0, 0.1) is 0 Å². The van der Waals surface area contributed by atoms with Crippen LogP contribution in [0.15, 0.2) is 0 Å². The van der Waals surface area contributed by atoms with Crippen molar-refractivity contribution in [2.24, 2.45) is 5.73 Å². The molecule has 104 valence electrons. The number of nitrogens with two attached hydrogens (primary N) is 1. The van der Waals surface area contributed by atoms with Crippen LogP contribution in [0.4, 0.5) is 0 Å². The third-order valence-corrected chi connectivity index (χ3v) is 1.95. The van der Waals surface area contributed by atoms with E-state index in [1.54, 1.807) is 0 Å². The van der Waals surface area contributed by atoms with E-state index in [1.807, 2.05) is 0 Å².